The predicted molar refractivity (Wildman–Crippen MR) is 74.3 cm³/mol. The average Bonchev–Trinajstić information content (AvgIpc) is 2.38. The lowest BCUT2D eigenvalue weighted by atomic mass is 10.0. The molecule has 0 aliphatic rings. The second kappa shape index (κ2) is 7.31. The van der Waals surface area contributed by atoms with Crippen LogP contribution < -0.4 is 0 Å². The highest BCUT2D eigenvalue weighted by Crippen LogP contribution is 2.14. The van der Waals surface area contributed by atoms with Crippen LogP contribution in [0.1, 0.15) is 35.3 Å². The number of ether oxygens (including phenoxy) is 1. The van der Waals surface area contributed by atoms with Crippen LogP contribution in [0.4, 0.5) is 0 Å². The van der Waals surface area contributed by atoms with Crippen molar-refractivity contribution in [1.82, 2.24) is 0 Å². The van der Waals surface area contributed by atoms with Gasteiger partial charge in [0, 0.05) is 6.42 Å². The van der Waals surface area contributed by atoms with Crippen LogP contribution in [0.2, 0.25) is 0 Å². The van der Waals surface area contributed by atoms with Gasteiger partial charge >= 0.3 is 5.97 Å². The molecule has 0 bridgehead atoms. The summed E-state index contributed by atoms with van der Waals surface area (Å²) in [6, 6.07) is 5.51. The van der Waals surface area contributed by atoms with Crippen LogP contribution in [0.15, 0.2) is 18.2 Å². The van der Waals surface area contributed by atoms with Crippen LogP contribution in [-0.2, 0) is 22.4 Å². The van der Waals surface area contributed by atoms with Gasteiger partial charge in [-0.1, -0.05) is 28.9 Å². The number of aryl methyl sites for hydroxylation is 1. The molecular formula is C14H17BrO3. The smallest absolute Gasteiger partial charge is 0.338 e. The van der Waals surface area contributed by atoms with Crippen LogP contribution in [-0.4, -0.2) is 23.7 Å². The third-order valence-corrected chi connectivity index (χ3v) is 3.15. The molecule has 18 heavy (non-hydrogen) atoms. The molecule has 0 spiro atoms. The molecule has 0 aromatic heterocycles. The van der Waals surface area contributed by atoms with Gasteiger partial charge in [0.2, 0.25) is 0 Å². The summed E-state index contributed by atoms with van der Waals surface area (Å²) in [5.41, 5.74) is 2.42. The number of alkyl halides is 1. The molecule has 1 aromatic rings. The molecule has 0 unspecified atom stereocenters. The van der Waals surface area contributed by atoms with Crippen molar-refractivity contribution >= 4 is 27.7 Å². The first-order chi connectivity index (χ1) is 8.60. The van der Waals surface area contributed by atoms with E-state index in [1.807, 2.05) is 19.1 Å². The van der Waals surface area contributed by atoms with Crippen molar-refractivity contribution in [2.45, 2.75) is 26.7 Å². The van der Waals surface area contributed by atoms with E-state index in [1.54, 1.807) is 13.0 Å². The topological polar surface area (TPSA) is 43.4 Å². The normalized spacial score (nSPS) is 10.2. The Hall–Kier alpha value is -1.16. The van der Waals surface area contributed by atoms with Crippen molar-refractivity contribution in [1.29, 1.82) is 0 Å². The van der Waals surface area contributed by atoms with E-state index in [-0.39, 0.29) is 11.8 Å². The molecule has 0 N–H and O–H groups in total. The molecule has 1 aromatic carbocycles. The zero-order valence-corrected chi connectivity index (χ0v) is 12.2. The van der Waals surface area contributed by atoms with Gasteiger partial charge in [0.15, 0.2) is 0 Å². The summed E-state index contributed by atoms with van der Waals surface area (Å²) in [6.45, 7) is 4.14. The summed E-state index contributed by atoms with van der Waals surface area (Å²) in [4.78, 5) is 23.1. The van der Waals surface area contributed by atoms with Gasteiger partial charge in [0.25, 0.3) is 0 Å². The molecular weight excluding hydrogens is 296 g/mol. The molecule has 1 rings (SSSR count). The molecule has 0 fully saturated rings. The maximum absolute atomic E-state index is 11.7. The standard InChI is InChI=1S/C14H17BrO3/c1-3-10-5-11(8-13(16)9-15)7-12(6-10)14(17)18-4-2/h5-7H,3-4,8-9H2,1-2H3. The number of benzene rings is 1. The SMILES string of the molecule is CCOC(=O)c1cc(CC)cc(CC(=O)CBr)c1. The second-order valence-corrected chi connectivity index (χ2v) is 4.52. The van der Waals surface area contributed by atoms with E-state index in [0.717, 1.165) is 17.5 Å². The van der Waals surface area contributed by atoms with Crippen molar-refractivity contribution in [2.75, 3.05) is 11.9 Å². The van der Waals surface area contributed by atoms with Gasteiger partial charge in [-0.05, 0) is 36.6 Å². The van der Waals surface area contributed by atoms with Crippen molar-refractivity contribution in [3.63, 3.8) is 0 Å². The Kier molecular flexibility index (Phi) is 6.05. The number of hydrogen-bond donors (Lipinski definition) is 0. The minimum Gasteiger partial charge on any atom is -0.462 e. The van der Waals surface area contributed by atoms with E-state index < -0.39 is 0 Å². The van der Waals surface area contributed by atoms with Gasteiger partial charge in [0.1, 0.15) is 5.78 Å². The Bertz CT molecular complexity index is 441. The summed E-state index contributed by atoms with van der Waals surface area (Å²) >= 11 is 3.14. The first-order valence-electron chi connectivity index (χ1n) is 5.98. The maximum atomic E-state index is 11.7. The van der Waals surface area contributed by atoms with E-state index in [0.29, 0.717) is 23.9 Å². The molecule has 4 heteroatoms. The summed E-state index contributed by atoms with van der Waals surface area (Å²) in [5.74, 6) is -0.238. The zero-order chi connectivity index (χ0) is 13.5. The largest absolute Gasteiger partial charge is 0.462 e. The van der Waals surface area contributed by atoms with Gasteiger partial charge in [-0.2, -0.15) is 0 Å². The molecule has 0 radical (unpaired) electrons. The van der Waals surface area contributed by atoms with Crippen LogP contribution in [0.25, 0.3) is 0 Å². The summed E-state index contributed by atoms with van der Waals surface area (Å²) < 4.78 is 4.98. The highest BCUT2D eigenvalue weighted by molar-refractivity contribution is 9.09. The van der Waals surface area contributed by atoms with Crippen molar-refractivity contribution in [3.05, 3.63) is 34.9 Å². The lowest BCUT2D eigenvalue weighted by Crippen LogP contribution is -2.08. The summed E-state index contributed by atoms with van der Waals surface area (Å²) in [6.07, 6.45) is 1.16. The number of ketones is 1. The Labute approximate surface area is 116 Å². The van der Waals surface area contributed by atoms with Gasteiger partial charge in [0.05, 0.1) is 17.5 Å². The molecule has 0 amide bonds. The van der Waals surface area contributed by atoms with E-state index in [2.05, 4.69) is 15.9 Å². The Morgan fingerprint density at radius 2 is 1.83 bits per heavy atom. The Morgan fingerprint density at radius 3 is 2.39 bits per heavy atom. The quantitative estimate of drug-likeness (QED) is 0.599. The van der Waals surface area contributed by atoms with Gasteiger partial charge in [-0.25, -0.2) is 4.79 Å². The van der Waals surface area contributed by atoms with Crippen molar-refractivity contribution < 1.29 is 14.3 Å². The van der Waals surface area contributed by atoms with Gasteiger partial charge < -0.3 is 4.74 Å². The van der Waals surface area contributed by atoms with E-state index in [1.165, 1.54) is 0 Å². The molecule has 0 saturated carbocycles. The molecule has 0 saturated heterocycles. The number of hydrogen-bond acceptors (Lipinski definition) is 3. The summed E-state index contributed by atoms with van der Waals surface area (Å²) in [5, 5.41) is 0.331. The van der Waals surface area contributed by atoms with Gasteiger partial charge in [-0.3, -0.25) is 4.79 Å². The first kappa shape index (κ1) is 14.9. The summed E-state index contributed by atoms with van der Waals surface area (Å²) in [7, 11) is 0. The van der Waals surface area contributed by atoms with Crippen LogP contribution >= 0.6 is 15.9 Å². The highest BCUT2D eigenvalue weighted by atomic mass is 79.9. The molecule has 0 aliphatic heterocycles. The number of rotatable bonds is 6. The fraction of sp³-hybridized carbons (Fsp3) is 0.429. The fourth-order valence-corrected chi connectivity index (χ4v) is 1.87. The highest BCUT2D eigenvalue weighted by Gasteiger charge is 2.11. The zero-order valence-electron chi connectivity index (χ0n) is 10.7. The number of Topliss-reactive ketones (excluding diaryl/α,β-unsaturated/α-hetero) is 1. The Balaban J connectivity index is 3.01. The molecule has 3 nitrogen and oxygen atoms in total. The van der Waals surface area contributed by atoms with Crippen LogP contribution in [0.3, 0.4) is 0 Å². The van der Waals surface area contributed by atoms with Crippen molar-refractivity contribution in [2.24, 2.45) is 0 Å². The number of esters is 1. The average molecular weight is 313 g/mol. The Morgan fingerprint density at radius 1 is 1.17 bits per heavy atom. The fourth-order valence-electron chi connectivity index (χ4n) is 1.68. The van der Waals surface area contributed by atoms with E-state index >= 15 is 0 Å². The minimum absolute atomic E-state index is 0.0954. The lowest BCUT2D eigenvalue weighted by molar-refractivity contribution is -0.115. The monoisotopic (exact) mass is 312 g/mol. The molecule has 0 heterocycles. The minimum atomic E-state index is -0.333. The van der Waals surface area contributed by atoms with E-state index in [9.17, 15) is 9.59 Å². The third kappa shape index (κ3) is 4.26. The molecule has 0 atom stereocenters. The number of carbonyl (C=O) groups excluding carboxylic acids is 2. The lowest BCUT2D eigenvalue weighted by Gasteiger charge is -2.07. The molecule has 0 aliphatic carbocycles. The van der Waals surface area contributed by atoms with Crippen molar-refractivity contribution in [3.8, 4) is 0 Å². The second-order valence-electron chi connectivity index (χ2n) is 3.96. The first-order valence-corrected chi connectivity index (χ1v) is 7.10. The third-order valence-electron chi connectivity index (χ3n) is 2.52. The number of halogens is 1. The van der Waals surface area contributed by atoms with E-state index in [4.69, 9.17) is 4.74 Å². The number of carbonyl (C=O) groups is 2. The van der Waals surface area contributed by atoms with Crippen LogP contribution in [0.5, 0.6) is 0 Å². The molecule has 98 valence electrons. The predicted octanol–water partition coefficient (Wildman–Crippen LogP) is 2.93. The maximum Gasteiger partial charge on any atom is 0.338 e. The van der Waals surface area contributed by atoms with Gasteiger partial charge in [-0.15, -0.1) is 0 Å². The van der Waals surface area contributed by atoms with Crippen LogP contribution in [0, 0.1) is 0 Å².